The molecule has 1 aliphatic carbocycles. The summed E-state index contributed by atoms with van der Waals surface area (Å²) in [6.45, 7) is 12.1. The molecule has 1 aliphatic heterocycles. The Morgan fingerprint density at radius 3 is 2.85 bits per heavy atom. The van der Waals surface area contributed by atoms with Crippen LogP contribution in [0.5, 0.6) is 0 Å². The van der Waals surface area contributed by atoms with E-state index in [0.29, 0.717) is 35.5 Å². The predicted octanol–water partition coefficient (Wildman–Crippen LogP) is 4.95. The van der Waals surface area contributed by atoms with Crippen molar-refractivity contribution in [2.75, 3.05) is 13.7 Å². The number of amides is 2. The van der Waals surface area contributed by atoms with Crippen LogP contribution < -0.4 is 5.32 Å². The van der Waals surface area contributed by atoms with Crippen molar-refractivity contribution >= 4 is 34.6 Å². The lowest BCUT2D eigenvalue weighted by atomic mass is 9.90. The highest BCUT2D eigenvalue weighted by Gasteiger charge is 2.29. The van der Waals surface area contributed by atoms with E-state index in [1.54, 1.807) is 41.1 Å². The normalized spacial score (nSPS) is 18.1. The molecule has 2 N–H and O–H groups in total. The Labute approximate surface area is 242 Å². The number of hydrogen-bond acceptors (Lipinski definition) is 5. The lowest BCUT2D eigenvalue weighted by Crippen LogP contribution is -2.40. The molecule has 10 heteroatoms. The second-order valence-electron chi connectivity index (χ2n) is 10.0. The average molecular weight is 584 g/mol. The zero-order valence-electron chi connectivity index (χ0n) is 22.9. The van der Waals surface area contributed by atoms with Gasteiger partial charge in [-0.25, -0.2) is 0 Å². The number of nitrogens with one attached hydrogen (secondary N) is 1. The molecule has 2 aromatic rings. The van der Waals surface area contributed by atoms with Crippen LogP contribution in [0.25, 0.3) is 0 Å². The number of carbonyl (C=O) groups excluding carboxylic acids is 2. The van der Waals surface area contributed by atoms with Crippen LogP contribution >= 0.6 is 11.6 Å². The zero-order chi connectivity index (χ0) is 29.1. The monoisotopic (exact) mass is 583 g/mol. The van der Waals surface area contributed by atoms with Gasteiger partial charge >= 0.3 is 0 Å². The van der Waals surface area contributed by atoms with Gasteiger partial charge in [0.05, 0.1) is 29.7 Å². The molecule has 0 fully saturated rings. The summed E-state index contributed by atoms with van der Waals surface area (Å²) in [5, 5.41) is 14.6. The molecular formula is C30H34ClN3O5S. The van der Waals surface area contributed by atoms with Crippen molar-refractivity contribution in [1.82, 2.24) is 14.8 Å². The second-order valence-corrected chi connectivity index (χ2v) is 11.9. The third-order valence-electron chi connectivity index (χ3n) is 7.43. The maximum Gasteiger partial charge on any atom is 0.253 e. The number of aliphatic hydroxyl groups is 1. The molecule has 0 radical (unpaired) electrons. The molecule has 2 unspecified atom stereocenters. The number of rotatable bonds is 9. The molecule has 8 nitrogen and oxygen atoms in total. The van der Waals surface area contributed by atoms with Crippen LogP contribution in [0.3, 0.4) is 0 Å². The zero-order valence-corrected chi connectivity index (χ0v) is 24.5. The van der Waals surface area contributed by atoms with Gasteiger partial charge < -0.3 is 29.2 Å². The van der Waals surface area contributed by atoms with E-state index in [2.05, 4.69) is 25.4 Å². The van der Waals surface area contributed by atoms with Gasteiger partial charge in [-0.15, -0.1) is 0 Å². The van der Waals surface area contributed by atoms with E-state index in [1.165, 1.54) is 5.41 Å². The van der Waals surface area contributed by atoms with Gasteiger partial charge in [-0.1, -0.05) is 37.8 Å². The maximum absolute atomic E-state index is 13.4. The highest BCUT2D eigenvalue weighted by molar-refractivity contribution is 7.94. The number of methoxy groups -OCH3 is 1. The van der Waals surface area contributed by atoms with Crippen LogP contribution in [-0.2, 0) is 40.2 Å². The number of benzene rings is 1. The Kier molecular flexibility index (Phi) is 9.18. The van der Waals surface area contributed by atoms with Crippen LogP contribution in [0, 0.1) is 12.8 Å². The molecule has 2 aliphatic rings. The summed E-state index contributed by atoms with van der Waals surface area (Å²) in [6.07, 6.45) is 8.47. The van der Waals surface area contributed by atoms with E-state index in [9.17, 15) is 19.2 Å². The quantitative estimate of drug-likeness (QED) is 0.321. The first-order chi connectivity index (χ1) is 19.0. The lowest BCUT2D eigenvalue weighted by Gasteiger charge is -2.32. The lowest BCUT2D eigenvalue weighted by molar-refractivity contribution is -0.127. The summed E-state index contributed by atoms with van der Waals surface area (Å²) < 4.78 is 19.1. The summed E-state index contributed by atoms with van der Waals surface area (Å²) in [5.74, 6) is 0.319. The number of ether oxygens (including phenoxy) is 1. The molecular weight excluding hydrogens is 550 g/mol. The molecule has 4 rings (SSSR count). The van der Waals surface area contributed by atoms with E-state index in [0.717, 1.165) is 28.9 Å². The predicted molar refractivity (Wildman–Crippen MR) is 156 cm³/mol. The summed E-state index contributed by atoms with van der Waals surface area (Å²) in [6, 6.07) is 2.63. The molecule has 1 aromatic heterocycles. The number of halogens is 1. The molecule has 212 valence electrons. The molecule has 2 heterocycles. The van der Waals surface area contributed by atoms with Crippen molar-refractivity contribution in [2.45, 2.75) is 50.7 Å². The van der Waals surface area contributed by atoms with E-state index in [4.69, 9.17) is 16.3 Å². The van der Waals surface area contributed by atoms with Crippen molar-refractivity contribution in [2.24, 2.45) is 5.92 Å². The first-order valence-corrected chi connectivity index (χ1v) is 14.6. The number of allylic oxidation sites excluding steroid dienone is 2. The minimum absolute atomic E-state index is 0.0583. The summed E-state index contributed by atoms with van der Waals surface area (Å²) in [4.78, 5) is 29.0. The summed E-state index contributed by atoms with van der Waals surface area (Å²) in [5.41, 5.74) is 3.57. The first-order valence-electron chi connectivity index (χ1n) is 13.0. The number of aromatic nitrogens is 1. The highest BCUT2D eigenvalue weighted by Crippen LogP contribution is 2.32. The van der Waals surface area contributed by atoms with E-state index >= 15 is 0 Å². The standard InChI is InChI=1S/C30H34ClN3O5S/c1-6-40(38)23-9-11-33(16-23)17-26(20(4)35)32-29(36)28-19(3)24-10-12-34(15-22(24)13-25(28)31)30(37)21-8-7-18(2)27(14-21)39-5/h6,8-9,11,13-14,16,18,26,35H,1,4,7,10,12,15,17H2,2-3,5H3,(H,32,36)/t18?,26-,40?/m0/s1. The number of carbonyl (C=O) groups is 2. The van der Waals surface area contributed by atoms with Gasteiger partial charge in [0.25, 0.3) is 11.8 Å². The third-order valence-corrected chi connectivity index (χ3v) is 8.73. The van der Waals surface area contributed by atoms with Crippen LogP contribution in [-0.4, -0.2) is 50.6 Å². The van der Waals surface area contributed by atoms with E-state index in [1.807, 2.05) is 19.1 Å². The van der Waals surface area contributed by atoms with Crippen molar-refractivity contribution in [3.05, 3.63) is 99.6 Å². The van der Waals surface area contributed by atoms with E-state index in [-0.39, 0.29) is 29.2 Å². The Balaban J connectivity index is 1.50. The molecule has 0 spiro atoms. The van der Waals surface area contributed by atoms with Gasteiger partial charge in [-0.2, -0.15) is 0 Å². The van der Waals surface area contributed by atoms with Crippen molar-refractivity contribution in [3.63, 3.8) is 0 Å². The third kappa shape index (κ3) is 6.16. The fourth-order valence-electron chi connectivity index (χ4n) is 5.14. The maximum atomic E-state index is 13.4. The fraction of sp³-hybridized carbons (Fsp3) is 0.333. The van der Waals surface area contributed by atoms with Gasteiger partial charge in [0, 0.05) is 54.6 Å². The Morgan fingerprint density at radius 2 is 2.17 bits per heavy atom. The SMILES string of the molecule is C=C[S+]([O-])c1ccn(C[C@H](NC(=O)c2c(Cl)cc3c(c2C)CCN(C(=O)C2=CCC(C)C(OC)=C2)C3)C(=C)O)c1. The summed E-state index contributed by atoms with van der Waals surface area (Å²) >= 11 is 5.30. The molecule has 3 atom stereocenters. The van der Waals surface area contributed by atoms with Crippen LogP contribution in [0.15, 0.2) is 77.2 Å². The van der Waals surface area contributed by atoms with Crippen LogP contribution in [0.1, 0.15) is 40.4 Å². The van der Waals surface area contributed by atoms with E-state index < -0.39 is 23.1 Å². The molecule has 40 heavy (non-hydrogen) atoms. The van der Waals surface area contributed by atoms with Crippen molar-refractivity contribution in [1.29, 1.82) is 0 Å². The Hall–Kier alpha value is -3.40. The number of hydrogen-bond donors (Lipinski definition) is 2. The highest BCUT2D eigenvalue weighted by atomic mass is 35.5. The molecule has 1 aromatic carbocycles. The molecule has 0 saturated heterocycles. The average Bonchev–Trinajstić information content (AvgIpc) is 3.40. The van der Waals surface area contributed by atoms with Crippen molar-refractivity contribution in [3.8, 4) is 0 Å². The van der Waals surface area contributed by atoms with Crippen LogP contribution in [0.2, 0.25) is 5.02 Å². The smallest absolute Gasteiger partial charge is 0.253 e. The topological polar surface area (TPSA) is 107 Å². The van der Waals surface area contributed by atoms with Crippen LogP contribution in [0.4, 0.5) is 0 Å². The Morgan fingerprint density at radius 1 is 1.43 bits per heavy atom. The van der Waals surface area contributed by atoms with Gasteiger partial charge in [-0.05, 0) is 48.6 Å². The Bertz CT molecular complexity index is 1410. The molecule has 0 saturated carbocycles. The summed E-state index contributed by atoms with van der Waals surface area (Å²) in [7, 11) is 1.62. The van der Waals surface area contributed by atoms with Gasteiger partial charge in [0.2, 0.25) is 0 Å². The van der Waals surface area contributed by atoms with Gasteiger partial charge in [0.15, 0.2) is 4.90 Å². The minimum atomic E-state index is -1.34. The second kappa shape index (κ2) is 12.4. The fourth-order valence-corrected chi connectivity index (χ4v) is 6.13. The number of nitrogens with zero attached hydrogens (tertiary/aromatic N) is 2. The minimum Gasteiger partial charge on any atom is -0.607 e. The van der Waals surface area contributed by atoms with Crippen molar-refractivity contribution < 1.29 is 24.0 Å². The van der Waals surface area contributed by atoms with Gasteiger partial charge in [0.1, 0.15) is 17.2 Å². The number of aliphatic hydroxyl groups excluding tert-OH is 1. The largest absolute Gasteiger partial charge is 0.607 e. The number of fused-ring (bicyclic) bond motifs is 1. The first kappa shape index (κ1) is 29.6. The molecule has 0 bridgehead atoms. The molecule has 2 amide bonds. The van der Waals surface area contributed by atoms with Gasteiger partial charge in [-0.3, -0.25) is 9.59 Å².